The van der Waals surface area contributed by atoms with E-state index >= 15 is 0 Å². The molecule has 0 bridgehead atoms. The number of benzene rings is 1. The van der Waals surface area contributed by atoms with Crippen molar-refractivity contribution in [2.24, 2.45) is 0 Å². The smallest absolute Gasteiger partial charge is 0.237 e. The number of carbonyl (C=O) groups is 1. The third-order valence-electron chi connectivity index (χ3n) is 1.50. The predicted octanol–water partition coefficient (Wildman–Crippen LogP) is 2.13. The Kier molecular flexibility index (Phi) is 3.25. The summed E-state index contributed by atoms with van der Waals surface area (Å²) in [6.07, 6.45) is 1.82. The van der Waals surface area contributed by atoms with E-state index in [0.29, 0.717) is 5.69 Å². The number of nitriles is 1. The number of anilines is 1. The van der Waals surface area contributed by atoms with Gasteiger partial charge in [-0.25, -0.2) is 4.90 Å². The lowest BCUT2D eigenvalue weighted by atomic mass is 10.3. The van der Waals surface area contributed by atoms with E-state index in [-0.39, 0.29) is 5.91 Å². The standard InChI is InChI=1S/C9H7IN2O/c1-7(13)12(6-11)9-4-2-8(10)3-5-9/h2-5H,1H3. The van der Waals surface area contributed by atoms with Gasteiger partial charge in [0.25, 0.3) is 0 Å². The first-order chi connectivity index (χ1) is 6.15. The van der Waals surface area contributed by atoms with Gasteiger partial charge in [0.15, 0.2) is 6.19 Å². The molecule has 0 spiro atoms. The van der Waals surface area contributed by atoms with Crippen LogP contribution in [0.15, 0.2) is 24.3 Å². The van der Waals surface area contributed by atoms with Gasteiger partial charge in [0.1, 0.15) is 0 Å². The molecule has 0 aliphatic rings. The molecule has 1 amide bonds. The molecule has 4 heteroatoms. The van der Waals surface area contributed by atoms with E-state index in [2.05, 4.69) is 22.6 Å². The Morgan fingerprint density at radius 1 is 1.46 bits per heavy atom. The number of amides is 1. The first-order valence-electron chi connectivity index (χ1n) is 3.61. The molecule has 1 rings (SSSR count). The monoisotopic (exact) mass is 286 g/mol. The summed E-state index contributed by atoms with van der Waals surface area (Å²) in [5.41, 5.74) is 0.607. The minimum absolute atomic E-state index is 0.274. The maximum atomic E-state index is 11.0. The Balaban J connectivity index is 3.01. The average molecular weight is 286 g/mol. The van der Waals surface area contributed by atoms with Crippen LogP contribution in [0.3, 0.4) is 0 Å². The molecule has 0 aliphatic carbocycles. The summed E-state index contributed by atoms with van der Waals surface area (Å²) in [4.78, 5) is 12.0. The van der Waals surface area contributed by atoms with Crippen molar-refractivity contribution < 1.29 is 4.79 Å². The van der Waals surface area contributed by atoms with Crippen LogP contribution in [0, 0.1) is 15.0 Å². The Hall–Kier alpha value is -1.09. The zero-order valence-corrected chi connectivity index (χ0v) is 9.15. The van der Waals surface area contributed by atoms with Crippen molar-refractivity contribution in [1.29, 1.82) is 5.26 Å². The highest BCUT2D eigenvalue weighted by Gasteiger charge is 2.08. The zero-order valence-electron chi connectivity index (χ0n) is 6.99. The number of hydrogen-bond donors (Lipinski definition) is 0. The fourth-order valence-electron chi connectivity index (χ4n) is 0.900. The van der Waals surface area contributed by atoms with Gasteiger partial charge in [0, 0.05) is 10.5 Å². The topological polar surface area (TPSA) is 44.1 Å². The second kappa shape index (κ2) is 4.23. The minimum Gasteiger partial charge on any atom is -0.274 e. The zero-order chi connectivity index (χ0) is 9.84. The van der Waals surface area contributed by atoms with Gasteiger partial charge in [0.05, 0.1) is 5.69 Å². The molecule has 0 unspecified atom stereocenters. The maximum Gasteiger partial charge on any atom is 0.237 e. The molecule has 3 nitrogen and oxygen atoms in total. The summed E-state index contributed by atoms with van der Waals surface area (Å²) in [5, 5.41) is 8.67. The van der Waals surface area contributed by atoms with Gasteiger partial charge in [0.2, 0.25) is 5.91 Å². The molecule has 0 N–H and O–H groups in total. The van der Waals surface area contributed by atoms with Crippen molar-refractivity contribution in [3.8, 4) is 6.19 Å². The number of carbonyl (C=O) groups excluding carboxylic acids is 1. The van der Waals surface area contributed by atoms with Crippen LogP contribution in [0.5, 0.6) is 0 Å². The largest absolute Gasteiger partial charge is 0.274 e. The predicted molar refractivity (Wildman–Crippen MR) is 57.9 cm³/mol. The van der Waals surface area contributed by atoms with Gasteiger partial charge in [-0.2, -0.15) is 5.26 Å². The van der Waals surface area contributed by atoms with Gasteiger partial charge >= 0.3 is 0 Å². The normalized spacial score (nSPS) is 9.00. The molecule has 0 atom stereocenters. The maximum absolute atomic E-state index is 11.0. The molecule has 0 aromatic heterocycles. The van der Waals surface area contributed by atoms with Crippen LogP contribution in [0.4, 0.5) is 5.69 Å². The van der Waals surface area contributed by atoms with Crippen molar-refractivity contribution >= 4 is 34.2 Å². The van der Waals surface area contributed by atoms with Gasteiger partial charge in [-0.05, 0) is 46.9 Å². The Morgan fingerprint density at radius 2 is 2.00 bits per heavy atom. The van der Waals surface area contributed by atoms with Gasteiger partial charge < -0.3 is 0 Å². The highest BCUT2D eigenvalue weighted by atomic mass is 127. The quantitative estimate of drug-likeness (QED) is 0.451. The van der Waals surface area contributed by atoms with Crippen LogP contribution >= 0.6 is 22.6 Å². The van der Waals surface area contributed by atoms with Crippen molar-refractivity contribution in [2.45, 2.75) is 6.92 Å². The molecule has 0 saturated carbocycles. The van der Waals surface area contributed by atoms with Crippen LogP contribution in [-0.2, 0) is 4.79 Å². The number of hydrogen-bond acceptors (Lipinski definition) is 2. The molecule has 0 fully saturated rings. The van der Waals surface area contributed by atoms with E-state index in [9.17, 15) is 4.79 Å². The van der Waals surface area contributed by atoms with Gasteiger partial charge in [-0.1, -0.05) is 0 Å². The SMILES string of the molecule is CC(=O)N(C#N)c1ccc(I)cc1. The van der Waals surface area contributed by atoms with E-state index in [1.165, 1.54) is 6.92 Å². The van der Waals surface area contributed by atoms with Crippen LogP contribution < -0.4 is 4.90 Å². The van der Waals surface area contributed by atoms with Gasteiger partial charge in [-0.3, -0.25) is 4.79 Å². The summed E-state index contributed by atoms with van der Waals surface area (Å²) < 4.78 is 1.07. The van der Waals surface area contributed by atoms with Crippen molar-refractivity contribution in [3.63, 3.8) is 0 Å². The van der Waals surface area contributed by atoms with Crippen molar-refractivity contribution in [1.82, 2.24) is 0 Å². The van der Waals surface area contributed by atoms with E-state index in [4.69, 9.17) is 5.26 Å². The summed E-state index contributed by atoms with van der Waals surface area (Å²) in [6, 6.07) is 7.19. The highest BCUT2D eigenvalue weighted by Crippen LogP contribution is 2.15. The summed E-state index contributed by atoms with van der Waals surface area (Å²) in [6.45, 7) is 1.36. The Morgan fingerprint density at radius 3 is 2.38 bits per heavy atom. The lowest BCUT2D eigenvalue weighted by Gasteiger charge is -2.10. The summed E-state index contributed by atoms with van der Waals surface area (Å²) in [5.74, 6) is -0.274. The molecular formula is C9H7IN2O. The third kappa shape index (κ3) is 2.42. The molecule has 0 aliphatic heterocycles. The Labute approximate surface area is 90.1 Å². The van der Waals surface area contributed by atoms with E-state index in [0.717, 1.165) is 8.47 Å². The molecule has 1 aromatic rings. The van der Waals surface area contributed by atoms with Crippen LogP contribution in [0.25, 0.3) is 0 Å². The fraction of sp³-hybridized carbons (Fsp3) is 0.111. The lowest BCUT2D eigenvalue weighted by molar-refractivity contribution is -0.115. The van der Waals surface area contributed by atoms with Crippen molar-refractivity contribution in [3.05, 3.63) is 27.8 Å². The second-order valence-electron chi connectivity index (χ2n) is 2.43. The van der Waals surface area contributed by atoms with Crippen LogP contribution in [0.1, 0.15) is 6.92 Å². The first-order valence-corrected chi connectivity index (χ1v) is 4.69. The third-order valence-corrected chi connectivity index (χ3v) is 2.22. The Bertz CT molecular complexity index is 353. The second-order valence-corrected chi connectivity index (χ2v) is 3.68. The minimum atomic E-state index is -0.274. The summed E-state index contributed by atoms with van der Waals surface area (Å²) in [7, 11) is 0. The van der Waals surface area contributed by atoms with E-state index in [1.54, 1.807) is 12.1 Å². The number of nitrogens with zero attached hydrogens (tertiary/aromatic N) is 2. The van der Waals surface area contributed by atoms with E-state index < -0.39 is 0 Å². The lowest BCUT2D eigenvalue weighted by Crippen LogP contribution is -2.21. The molecule has 66 valence electrons. The first kappa shape index (κ1) is 9.99. The fourth-order valence-corrected chi connectivity index (χ4v) is 1.26. The average Bonchev–Trinajstić information content (AvgIpc) is 2.09. The molecule has 0 heterocycles. The van der Waals surface area contributed by atoms with E-state index in [1.807, 2.05) is 18.3 Å². The molecule has 13 heavy (non-hydrogen) atoms. The molecule has 0 radical (unpaired) electrons. The summed E-state index contributed by atoms with van der Waals surface area (Å²) >= 11 is 2.16. The van der Waals surface area contributed by atoms with Crippen LogP contribution in [0.2, 0.25) is 0 Å². The van der Waals surface area contributed by atoms with Crippen LogP contribution in [-0.4, -0.2) is 5.91 Å². The van der Waals surface area contributed by atoms with Crippen molar-refractivity contribution in [2.75, 3.05) is 4.90 Å². The molecular weight excluding hydrogens is 279 g/mol. The number of rotatable bonds is 1. The highest BCUT2D eigenvalue weighted by molar-refractivity contribution is 14.1. The molecule has 1 aromatic carbocycles. The number of halogens is 1. The van der Waals surface area contributed by atoms with Gasteiger partial charge in [-0.15, -0.1) is 0 Å². The molecule has 0 saturated heterocycles.